The van der Waals surface area contributed by atoms with Gasteiger partial charge in [-0.05, 0) is 29.7 Å². The lowest BCUT2D eigenvalue weighted by molar-refractivity contribution is 0.0696. The number of hydrogen-bond donors (Lipinski definition) is 1. The van der Waals surface area contributed by atoms with Crippen molar-refractivity contribution in [3.63, 3.8) is 0 Å². The second-order valence-electron chi connectivity index (χ2n) is 4.14. The summed E-state index contributed by atoms with van der Waals surface area (Å²) >= 11 is 5.50. The predicted molar refractivity (Wildman–Crippen MR) is 67.4 cm³/mol. The molecule has 0 bridgehead atoms. The first-order valence-corrected chi connectivity index (χ1v) is 5.97. The van der Waals surface area contributed by atoms with Crippen LogP contribution < -0.4 is 0 Å². The van der Waals surface area contributed by atoms with Crippen LogP contribution in [0.3, 0.4) is 0 Å². The normalized spacial score (nSPS) is 16.1. The summed E-state index contributed by atoms with van der Waals surface area (Å²) in [5.74, 6) is -0.870. The largest absolute Gasteiger partial charge is 0.478 e. The summed E-state index contributed by atoms with van der Waals surface area (Å²) in [5.41, 5.74) is 4.24. The Morgan fingerprint density at radius 2 is 2.29 bits per heavy atom. The van der Waals surface area contributed by atoms with Gasteiger partial charge in [-0.2, -0.15) is 0 Å². The number of carboxylic acids is 1. The molecule has 0 aromatic heterocycles. The van der Waals surface area contributed by atoms with Gasteiger partial charge in [0.2, 0.25) is 0 Å². The first kappa shape index (κ1) is 12.1. The molecule has 4 heteroatoms. The van der Waals surface area contributed by atoms with Crippen molar-refractivity contribution < 1.29 is 9.90 Å². The third kappa shape index (κ3) is 2.87. The summed E-state index contributed by atoms with van der Waals surface area (Å²) in [6.07, 6.45) is 2.86. The summed E-state index contributed by atoms with van der Waals surface area (Å²) in [6, 6.07) is 5.37. The fourth-order valence-corrected chi connectivity index (χ4v) is 2.17. The molecule has 0 aliphatic carbocycles. The molecule has 1 aromatic rings. The Balaban J connectivity index is 2.17. The van der Waals surface area contributed by atoms with Gasteiger partial charge in [-0.1, -0.05) is 23.7 Å². The molecule has 1 aliphatic rings. The van der Waals surface area contributed by atoms with Crippen molar-refractivity contribution in [2.75, 3.05) is 13.1 Å². The molecule has 0 saturated carbocycles. The van der Waals surface area contributed by atoms with Gasteiger partial charge in [0.25, 0.3) is 0 Å². The first-order valence-electron chi connectivity index (χ1n) is 5.53. The van der Waals surface area contributed by atoms with E-state index in [0.717, 1.165) is 31.6 Å². The third-order valence-electron chi connectivity index (χ3n) is 3.00. The average molecular weight is 252 g/mol. The summed E-state index contributed by atoms with van der Waals surface area (Å²) in [4.78, 5) is 13.1. The Labute approximate surface area is 105 Å². The van der Waals surface area contributed by atoms with Crippen LogP contribution in [0.1, 0.15) is 21.5 Å². The van der Waals surface area contributed by atoms with Crippen LogP contribution in [0, 0.1) is 0 Å². The molecule has 17 heavy (non-hydrogen) atoms. The fourth-order valence-electron chi connectivity index (χ4n) is 2.09. The van der Waals surface area contributed by atoms with Crippen LogP contribution in [0.4, 0.5) is 0 Å². The monoisotopic (exact) mass is 251 g/mol. The highest BCUT2D eigenvalue weighted by Crippen LogP contribution is 2.20. The van der Waals surface area contributed by atoms with E-state index in [1.807, 2.05) is 12.1 Å². The average Bonchev–Trinajstić information content (AvgIpc) is 2.35. The molecule has 1 heterocycles. The smallest absolute Gasteiger partial charge is 0.335 e. The number of carbonyl (C=O) groups is 1. The van der Waals surface area contributed by atoms with Crippen LogP contribution in [0.2, 0.25) is 0 Å². The molecular weight excluding hydrogens is 238 g/mol. The highest BCUT2D eigenvalue weighted by molar-refractivity contribution is 6.25. The van der Waals surface area contributed by atoms with Gasteiger partial charge in [-0.15, -0.1) is 0 Å². The second-order valence-corrected chi connectivity index (χ2v) is 4.39. The lowest BCUT2D eigenvalue weighted by Gasteiger charge is -2.27. The van der Waals surface area contributed by atoms with E-state index in [1.165, 1.54) is 11.1 Å². The molecule has 1 aliphatic heterocycles. The maximum Gasteiger partial charge on any atom is 0.335 e. The van der Waals surface area contributed by atoms with E-state index in [0.29, 0.717) is 5.56 Å². The zero-order valence-electron chi connectivity index (χ0n) is 9.40. The number of nitrogens with zero attached hydrogens (tertiary/aromatic N) is 1. The molecule has 0 saturated heterocycles. The molecule has 0 amide bonds. The molecule has 1 N–H and O–H groups in total. The topological polar surface area (TPSA) is 40.5 Å². The number of halogens is 1. The number of hydrogen-bond acceptors (Lipinski definition) is 2. The van der Waals surface area contributed by atoms with Crippen molar-refractivity contribution in [1.29, 1.82) is 0 Å². The molecule has 0 spiro atoms. The van der Waals surface area contributed by atoms with Gasteiger partial charge in [0.05, 0.1) is 5.56 Å². The standard InChI is InChI=1S/C13H14ClNO2/c14-5-1-6-15-7-4-10-2-3-11(13(16)17)8-12(10)9-15/h1-3,5,8H,4,6-7,9H2,(H,16,17)/b5-1+. The van der Waals surface area contributed by atoms with E-state index in [9.17, 15) is 4.79 Å². The minimum atomic E-state index is -0.870. The summed E-state index contributed by atoms with van der Waals surface area (Å²) < 4.78 is 0. The number of fused-ring (bicyclic) bond motifs is 1. The maximum atomic E-state index is 10.9. The van der Waals surface area contributed by atoms with Crippen molar-refractivity contribution in [1.82, 2.24) is 4.90 Å². The number of benzene rings is 1. The lowest BCUT2D eigenvalue weighted by atomic mass is 9.97. The molecule has 90 valence electrons. The second kappa shape index (κ2) is 5.34. The van der Waals surface area contributed by atoms with E-state index < -0.39 is 5.97 Å². The zero-order valence-corrected chi connectivity index (χ0v) is 10.2. The number of aromatic carboxylic acids is 1. The van der Waals surface area contributed by atoms with Crippen LogP contribution >= 0.6 is 11.6 Å². The van der Waals surface area contributed by atoms with Gasteiger partial charge in [0, 0.05) is 25.2 Å². The van der Waals surface area contributed by atoms with Crippen LogP contribution in [0.15, 0.2) is 29.8 Å². The van der Waals surface area contributed by atoms with E-state index in [2.05, 4.69) is 4.90 Å². The minimum absolute atomic E-state index is 0.360. The summed E-state index contributed by atoms with van der Waals surface area (Å²) in [5, 5.41) is 8.95. The van der Waals surface area contributed by atoms with Crippen LogP contribution in [0.25, 0.3) is 0 Å². The fraction of sp³-hybridized carbons (Fsp3) is 0.308. The van der Waals surface area contributed by atoms with Crippen molar-refractivity contribution in [2.24, 2.45) is 0 Å². The van der Waals surface area contributed by atoms with Gasteiger partial charge in [-0.3, -0.25) is 4.90 Å². The quantitative estimate of drug-likeness (QED) is 0.897. The molecule has 0 atom stereocenters. The Morgan fingerprint density at radius 1 is 1.47 bits per heavy atom. The van der Waals surface area contributed by atoms with Gasteiger partial charge in [0.15, 0.2) is 0 Å². The van der Waals surface area contributed by atoms with Gasteiger partial charge < -0.3 is 5.11 Å². The van der Waals surface area contributed by atoms with Gasteiger partial charge in [0.1, 0.15) is 0 Å². The molecule has 0 fully saturated rings. The minimum Gasteiger partial charge on any atom is -0.478 e. The molecule has 0 unspecified atom stereocenters. The Morgan fingerprint density at radius 3 is 3.00 bits per heavy atom. The van der Waals surface area contributed by atoms with E-state index >= 15 is 0 Å². The molecule has 0 radical (unpaired) electrons. The molecule has 1 aromatic carbocycles. The van der Waals surface area contributed by atoms with Gasteiger partial charge in [-0.25, -0.2) is 4.79 Å². The van der Waals surface area contributed by atoms with E-state index in [1.54, 1.807) is 12.1 Å². The molecule has 2 rings (SSSR count). The Hall–Kier alpha value is -1.32. The third-order valence-corrected chi connectivity index (χ3v) is 3.18. The van der Waals surface area contributed by atoms with Crippen LogP contribution in [-0.2, 0) is 13.0 Å². The number of carboxylic acid groups (broad SMARTS) is 1. The van der Waals surface area contributed by atoms with Gasteiger partial charge >= 0.3 is 5.97 Å². The predicted octanol–water partition coefficient (Wildman–Crippen LogP) is 2.50. The highest BCUT2D eigenvalue weighted by Gasteiger charge is 2.16. The maximum absolute atomic E-state index is 10.9. The zero-order chi connectivity index (χ0) is 12.3. The van der Waals surface area contributed by atoms with Crippen LogP contribution in [0.5, 0.6) is 0 Å². The lowest BCUT2D eigenvalue weighted by Crippen LogP contribution is -2.30. The number of rotatable bonds is 3. The Bertz CT molecular complexity index is 457. The Kier molecular flexibility index (Phi) is 3.82. The molecule has 3 nitrogen and oxygen atoms in total. The molecular formula is C13H14ClNO2. The van der Waals surface area contributed by atoms with Crippen molar-refractivity contribution in [2.45, 2.75) is 13.0 Å². The van der Waals surface area contributed by atoms with Crippen molar-refractivity contribution >= 4 is 17.6 Å². The van der Waals surface area contributed by atoms with Crippen LogP contribution in [-0.4, -0.2) is 29.1 Å². The van der Waals surface area contributed by atoms with E-state index in [4.69, 9.17) is 16.7 Å². The van der Waals surface area contributed by atoms with Crippen molar-refractivity contribution in [3.05, 3.63) is 46.5 Å². The van der Waals surface area contributed by atoms with E-state index in [-0.39, 0.29) is 0 Å². The van der Waals surface area contributed by atoms with Crippen molar-refractivity contribution in [3.8, 4) is 0 Å². The highest BCUT2D eigenvalue weighted by atomic mass is 35.5. The summed E-state index contributed by atoms with van der Waals surface area (Å²) in [7, 11) is 0. The summed E-state index contributed by atoms with van der Waals surface area (Å²) in [6.45, 7) is 2.58. The first-order chi connectivity index (χ1) is 8.20. The SMILES string of the molecule is O=C(O)c1ccc2c(c1)CN(C/C=C/Cl)CC2.